The zero-order chi connectivity index (χ0) is 17.5. The summed E-state index contributed by atoms with van der Waals surface area (Å²) in [6, 6.07) is 8.19. The van der Waals surface area contributed by atoms with Crippen LogP contribution in [-0.4, -0.2) is 62.1 Å². The molecule has 5 nitrogen and oxygen atoms in total. The average molecular weight is 418 g/mol. The second-order valence-corrected chi connectivity index (χ2v) is 7.20. The lowest BCUT2D eigenvalue weighted by Crippen LogP contribution is -2.48. The first-order valence-corrected chi connectivity index (χ1v) is 9.59. The third kappa shape index (κ3) is 7.15. The molecule has 0 spiro atoms. The van der Waals surface area contributed by atoms with Gasteiger partial charge in [0.1, 0.15) is 5.75 Å². The van der Waals surface area contributed by atoms with Crippen LogP contribution in [0.15, 0.2) is 24.3 Å². The summed E-state index contributed by atoms with van der Waals surface area (Å²) >= 11 is 0. The SMILES string of the molecule is COc1ccccc1CN1CCN(C(=O)CCC2CCNCC2)CC1.Cl.Cl. The van der Waals surface area contributed by atoms with E-state index in [-0.39, 0.29) is 24.8 Å². The summed E-state index contributed by atoms with van der Waals surface area (Å²) in [7, 11) is 1.72. The van der Waals surface area contributed by atoms with Gasteiger partial charge < -0.3 is 15.0 Å². The second-order valence-electron chi connectivity index (χ2n) is 7.20. The fourth-order valence-corrected chi connectivity index (χ4v) is 3.89. The molecule has 27 heavy (non-hydrogen) atoms. The maximum atomic E-state index is 12.5. The molecule has 1 aromatic rings. The smallest absolute Gasteiger partial charge is 0.222 e. The largest absolute Gasteiger partial charge is 0.496 e. The molecule has 2 saturated heterocycles. The van der Waals surface area contributed by atoms with Gasteiger partial charge in [0.2, 0.25) is 5.91 Å². The molecule has 154 valence electrons. The minimum atomic E-state index is 0. The van der Waals surface area contributed by atoms with Crippen LogP contribution in [0.4, 0.5) is 0 Å². The summed E-state index contributed by atoms with van der Waals surface area (Å²) in [6.45, 7) is 6.69. The Balaban J connectivity index is 0.00000182. The summed E-state index contributed by atoms with van der Waals surface area (Å²) in [5.74, 6) is 2.02. The summed E-state index contributed by atoms with van der Waals surface area (Å²) in [6.07, 6.45) is 4.22. The highest BCUT2D eigenvalue weighted by atomic mass is 35.5. The van der Waals surface area contributed by atoms with Gasteiger partial charge in [-0.3, -0.25) is 9.69 Å². The fourth-order valence-electron chi connectivity index (χ4n) is 3.89. The first-order valence-electron chi connectivity index (χ1n) is 9.59. The van der Waals surface area contributed by atoms with Gasteiger partial charge in [0.15, 0.2) is 0 Å². The normalized spacial score (nSPS) is 18.3. The van der Waals surface area contributed by atoms with Crippen LogP contribution < -0.4 is 10.1 Å². The predicted molar refractivity (Wildman–Crippen MR) is 114 cm³/mol. The van der Waals surface area contributed by atoms with E-state index in [9.17, 15) is 4.79 Å². The van der Waals surface area contributed by atoms with E-state index in [1.54, 1.807) is 7.11 Å². The second kappa shape index (κ2) is 12.4. The number of amides is 1. The Morgan fingerprint density at radius 2 is 1.78 bits per heavy atom. The Morgan fingerprint density at radius 1 is 1.11 bits per heavy atom. The van der Waals surface area contributed by atoms with Crippen molar-refractivity contribution in [3.05, 3.63) is 29.8 Å². The molecule has 0 aliphatic carbocycles. The summed E-state index contributed by atoms with van der Waals surface area (Å²) in [5.41, 5.74) is 1.22. The summed E-state index contributed by atoms with van der Waals surface area (Å²) in [5, 5.41) is 3.39. The van der Waals surface area contributed by atoms with Crippen LogP contribution in [0.2, 0.25) is 0 Å². The van der Waals surface area contributed by atoms with Crippen molar-refractivity contribution in [3.63, 3.8) is 0 Å². The third-order valence-corrected chi connectivity index (χ3v) is 5.54. The molecule has 7 heteroatoms. The van der Waals surface area contributed by atoms with Gasteiger partial charge in [0.25, 0.3) is 0 Å². The van der Waals surface area contributed by atoms with Gasteiger partial charge in [-0.25, -0.2) is 0 Å². The molecule has 3 rings (SSSR count). The first kappa shape index (κ1) is 24.0. The zero-order valence-electron chi connectivity index (χ0n) is 16.2. The van der Waals surface area contributed by atoms with Gasteiger partial charge >= 0.3 is 0 Å². The van der Waals surface area contributed by atoms with Gasteiger partial charge in [-0.05, 0) is 44.3 Å². The van der Waals surface area contributed by atoms with E-state index in [1.807, 2.05) is 12.1 Å². The predicted octanol–water partition coefficient (Wildman–Crippen LogP) is 2.96. The molecule has 0 aromatic heterocycles. The Kier molecular flexibility index (Phi) is 11.1. The molecule has 2 heterocycles. The van der Waals surface area contributed by atoms with Crippen molar-refractivity contribution in [1.82, 2.24) is 15.1 Å². The van der Waals surface area contributed by atoms with Crippen molar-refractivity contribution < 1.29 is 9.53 Å². The summed E-state index contributed by atoms with van der Waals surface area (Å²) < 4.78 is 5.44. The molecule has 0 saturated carbocycles. The van der Waals surface area contributed by atoms with Gasteiger partial charge in [0.05, 0.1) is 7.11 Å². The van der Waals surface area contributed by atoms with Crippen LogP contribution in [0.25, 0.3) is 0 Å². The monoisotopic (exact) mass is 417 g/mol. The average Bonchev–Trinajstić information content (AvgIpc) is 2.68. The van der Waals surface area contributed by atoms with Crippen molar-refractivity contribution >= 4 is 30.7 Å². The van der Waals surface area contributed by atoms with E-state index < -0.39 is 0 Å². The van der Waals surface area contributed by atoms with Crippen LogP contribution in [0, 0.1) is 5.92 Å². The van der Waals surface area contributed by atoms with Crippen molar-refractivity contribution in [1.29, 1.82) is 0 Å². The number of rotatable bonds is 6. The van der Waals surface area contributed by atoms with Crippen LogP contribution >= 0.6 is 24.8 Å². The molecular weight excluding hydrogens is 385 g/mol. The highest BCUT2D eigenvalue weighted by Crippen LogP contribution is 2.21. The van der Waals surface area contributed by atoms with Crippen molar-refractivity contribution in [2.24, 2.45) is 5.92 Å². The number of piperidine rings is 1. The van der Waals surface area contributed by atoms with Gasteiger partial charge in [-0.1, -0.05) is 18.2 Å². The lowest BCUT2D eigenvalue weighted by molar-refractivity contribution is -0.133. The molecule has 0 atom stereocenters. The minimum absolute atomic E-state index is 0. The Hall–Kier alpha value is -1.01. The van der Waals surface area contributed by atoms with E-state index >= 15 is 0 Å². The number of carbonyl (C=O) groups is 1. The van der Waals surface area contributed by atoms with Crippen molar-refractivity contribution in [2.75, 3.05) is 46.4 Å². The molecule has 2 aliphatic rings. The number of nitrogens with zero attached hydrogens (tertiary/aromatic N) is 2. The standard InChI is InChI=1S/C20H31N3O2.2ClH/c1-25-19-5-3-2-4-18(19)16-22-12-14-23(15-13-22)20(24)7-6-17-8-10-21-11-9-17;;/h2-5,17,21H,6-16H2,1H3;2*1H. The number of ether oxygens (including phenoxy) is 1. The number of methoxy groups -OCH3 is 1. The molecule has 2 aliphatic heterocycles. The molecule has 1 aromatic carbocycles. The van der Waals surface area contributed by atoms with E-state index in [2.05, 4.69) is 27.2 Å². The van der Waals surface area contributed by atoms with E-state index in [1.165, 1.54) is 18.4 Å². The lowest BCUT2D eigenvalue weighted by Gasteiger charge is -2.35. The van der Waals surface area contributed by atoms with Crippen LogP contribution in [0.1, 0.15) is 31.2 Å². The quantitative estimate of drug-likeness (QED) is 0.772. The molecular formula is C20H33Cl2N3O2. The van der Waals surface area contributed by atoms with E-state index in [0.29, 0.717) is 5.91 Å². The third-order valence-electron chi connectivity index (χ3n) is 5.54. The number of piperazine rings is 1. The molecule has 2 fully saturated rings. The maximum absolute atomic E-state index is 12.5. The maximum Gasteiger partial charge on any atom is 0.222 e. The van der Waals surface area contributed by atoms with Gasteiger partial charge in [-0.2, -0.15) is 0 Å². The molecule has 0 unspecified atom stereocenters. The Labute approximate surface area is 175 Å². The number of benzene rings is 1. The molecule has 0 bridgehead atoms. The molecule has 1 amide bonds. The van der Waals surface area contributed by atoms with E-state index in [0.717, 1.165) is 70.3 Å². The van der Waals surface area contributed by atoms with Crippen LogP contribution in [-0.2, 0) is 11.3 Å². The highest BCUT2D eigenvalue weighted by molar-refractivity contribution is 5.85. The first-order chi connectivity index (χ1) is 12.3. The number of halogens is 2. The number of carbonyl (C=O) groups excluding carboxylic acids is 1. The molecule has 1 N–H and O–H groups in total. The number of hydrogen-bond donors (Lipinski definition) is 1. The fraction of sp³-hybridized carbons (Fsp3) is 0.650. The Bertz CT molecular complexity index is 560. The summed E-state index contributed by atoms with van der Waals surface area (Å²) in [4.78, 5) is 16.9. The van der Waals surface area contributed by atoms with Crippen molar-refractivity contribution in [2.45, 2.75) is 32.2 Å². The lowest BCUT2D eigenvalue weighted by atomic mass is 9.93. The topological polar surface area (TPSA) is 44.8 Å². The van der Waals surface area contributed by atoms with Gasteiger partial charge in [0, 0.05) is 44.7 Å². The van der Waals surface area contributed by atoms with Crippen molar-refractivity contribution in [3.8, 4) is 5.75 Å². The zero-order valence-corrected chi connectivity index (χ0v) is 17.8. The van der Waals surface area contributed by atoms with Gasteiger partial charge in [-0.15, -0.1) is 24.8 Å². The highest BCUT2D eigenvalue weighted by Gasteiger charge is 2.23. The minimum Gasteiger partial charge on any atom is -0.496 e. The van der Waals surface area contributed by atoms with Crippen LogP contribution in [0.5, 0.6) is 5.75 Å². The molecule has 0 radical (unpaired) electrons. The number of hydrogen-bond acceptors (Lipinski definition) is 4. The Morgan fingerprint density at radius 3 is 2.44 bits per heavy atom. The van der Waals surface area contributed by atoms with Crippen LogP contribution in [0.3, 0.4) is 0 Å². The number of nitrogens with one attached hydrogen (secondary N) is 1. The van der Waals surface area contributed by atoms with E-state index in [4.69, 9.17) is 4.74 Å². The number of para-hydroxylation sites is 1.